The smallest absolute Gasteiger partial charge is 0.325 e. The topological polar surface area (TPSA) is 66.5 Å². The number of anilines is 1. The van der Waals surface area contributed by atoms with Crippen LogP contribution in [0.25, 0.3) is 0 Å². The second-order valence-electron chi connectivity index (χ2n) is 7.45. The summed E-state index contributed by atoms with van der Waals surface area (Å²) in [6.07, 6.45) is -4.06. The van der Waals surface area contributed by atoms with E-state index in [2.05, 4.69) is 5.32 Å². The van der Waals surface area contributed by atoms with Gasteiger partial charge in [-0.2, -0.15) is 13.2 Å². The van der Waals surface area contributed by atoms with Gasteiger partial charge < -0.3 is 5.32 Å². The minimum Gasteiger partial charge on any atom is -0.325 e. The molecule has 1 amide bonds. The number of hydrogen-bond acceptors (Lipinski definition) is 3. The molecule has 1 saturated heterocycles. The van der Waals surface area contributed by atoms with Crippen molar-refractivity contribution in [2.24, 2.45) is 5.92 Å². The van der Waals surface area contributed by atoms with E-state index in [4.69, 9.17) is 0 Å². The molecule has 3 rings (SSSR count). The van der Waals surface area contributed by atoms with Crippen LogP contribution in [0.1, 0.15) is 29.5 Å². The van der Waals surface area contributed by atoms with E-state index in [1.54, 1.807) is 12.1 Å². The van der Waals surface area contributed by atoms with Crippen molar-refractivity contribution in [1.29, 1.82) is 0 Å². The lowest BCUT2D eigenvalue weighted by Crippen LogP contribution is -2.42. The Morgan fingerprint density at radius 1 is 1.07 bits per heavy atom. The number of alkyl halides is 3. The minimum atomic E-state index is -4.57. The van der Waals surface area contributed by atoms with Crippen LogP contribution in [0.15, 0.2) is 48.5 Å². The molecule has 1 aliphatic heterocycles. The highest BCUT2D eigenvalue weighted by atomic mass is 32.2. The lowest BCUT2D eigenvalue weighted by Gasteiger charge is -2.30. The number of carbonyl (C=O) groups excluding carboxylic acids is 1. The van der Waals surface area contributed by atoms with Crippen molar-refractivity contribution in [3.8, 4) is 0 Å². The molecule has 162 valence electrons. The Bertz CT molecular complexity index is 997. The normalized spacial score (nSPS) is 16.4. The summed E-state index contributed by atoms with van der Waals surface area (Å²) in [5.41, 5.74) is 0.528. The zero-order valence-corrected chi connectivity index (χ0v) is 17.3. The molecule has 1 N–H and O–H groups in total. The van der Waals surface area contributed by atoms with Gasteiger partial charge in [0.1, 0.15) is 0 Å². The number of benzene rings is 2. The standard InChI is InChI=1S/C21H23F3N2O3S/c1-15-6-8-16(9-7-15)14-30(28,29)26-12-10-17(11-13-26)20(27)25-19-5-3-2-4-18(19)21(22,23)24/h2-9,17H,10-14H2,1H3,(H,25,27). The van der Waals surface area contributed by atoms with Crippen molar-refractivity contribution in [2.45, 2.75) is 31.7 Å². The van der Waals surface area contributed by atoms with Gasteiger partial charge in [-0.1, -0.05) is 42.0 Å². The number of nitrogens with one attached hydrogen (secondary N) is 1. The first-order chi connectivity index (χ1) is 14.1. The van der Waals surface area contributed by atoms with Crippen molar-refractivity contribution < 1.29 is 26.4 Å². The monoisotopic (exact) mass is 440 g/mol. The first-order valence-corrected chi connectivity index (χ1v) is 11.2. The number of rotatable bonds is 5. The predicted molar refractivity (Wildman–Crippen MR) is 108 cm³/mol. The Morgan fingerprint density at radius 3 is 2.27 bits per heavy atom. The third-order valence-corrected chi connectivity index (χ3v) is 7.03. The molecule has 30 heavy (non-hydrogen) atoms. The molecule has 0 bridgehead atoms. The van der Waals surface area contributed by atoms with Gasteiger partial charge >= 0.3 is 6.18 Å². The molecule has 2 aromatic carbocycles. The number of nitrogens with zero attached hydrogens (tertiary/aromatic N) is 1. The molecule has 5 nitrogen and oxygen atoms in total. The van der Waals surface area contributed by atoms with E-state index < -0.39 is 33.6 Å². The van der Waals surface area contributed by atoms with Crippen molar-refractivity contribution in [1.82, 2.24) is 4.31 Å². The molecule has 1 aliphatic rings. The first-order valence-electron chi connectivity index (χ1n) is 9.57. The van der Waals surface area contributed by atoms with Crippen LogP contribution in [0.2, 0.25) is 0 Å². The van der Waals surface area contributed by atoms with Crippen molar-refractivity contribution >= 4 is 21.6 Å². The minimum absolute atomic E-state index is 0.122. The molecule has 9 heteroatoms. The zero-order chi connectivity index (χ0) is 21.9. The summed E-state index contributed by atoms with van der Waals surface area (Å²) in [6.45, 7) is 2.24. The Morgan fingerprint density at radius 2 is 1.67 bits per heavy atom. The zero-order valence-electron chi connectivity index (χ0n) is 16.4. The van der Waals surface area contributed by atoms with Gasteiger partial charge in [-0.15, -0.1) is 0 Å². The fraction of sp³-hybridized carbons (Fsp3) is 0.381. The summed E-state index contributed by atoms with van der Waals surface area (Å²) in [7, 11) is -3.53. The maximum Gasteiger partial charge on any atom is 0.418 e. The van der Waals surface area contributed by atoms with Gasteiger partial charge in [0.25, 0.3) is 0 Å². The number of amides is 1. The summed E-state index contributed by atoms with van der Waals surface area (Å²) >= 11 is 0. The number of aryl methyl sites for hydroxylation is 1. The van der Waals surface area contributed by atoms with Gasteiger partial charge in [-0.25, -0.2) is 12.7 Å². The van der Waals surface area contributed by atoms with E-state index in [0.29, 0.717) is 5.56 Å². The van der Waals surface area contributed by atoms with Crippen LogP contribution in [0.4, 0.5) is 18.9 Å². The van der Waals surface area contributed by atoms with Crippen LogP contribution in [-0.4, -0.2) is 31.7 Å². The SMILES string of the molecule is Cc1ccc(CS(=O)(=O)N2CCC(C(=O)Nc3ccccc3C(F)(F)F)CC2)cc1. The van der Waals surface area contributed by atoms with Crippen molar-refractivity contribution in [3.05, 3.63) is 65.2 Å². The highest BCUT2D eigenvalue weighted by molar-refractivity contribution is 7.88. The van der Waals surface area contributed by atoms with Crippen molar-refractivity contribution in [3.63, 3.8) is 0 Å². The summed E-state index contributed by atoms with van der Waals surface area (Å²) in [5.74, 6) is -1.19. The summed E-state index contributed by atoms with van der Waals surface area (Å²) in [6, 6.07) is 12.0. The molecule has 0 atom stereocenters. The number of para-hydroxylation sites is 1. The maximum absolute atomic E-state index is 13.1. The Kier molecular flexibility index (Phi) is 6.52. The lowest BCUT2D eigenvalue weighted by atomic mass is 9.97. The second kappa shape index (κ2) is 8.77. The Hall–Kier alpha value is -2.39. The average molecular weight is 440 g/mol. The summed E-state index contributed by atoms with van der Waals surface area (Å²) in [5, 5.41) is 2.36. The van der Waals surface area contributed by atoms with E-state index in [1.807, 2.05) is 19.1 Å². The van der Waals surface area contributed by atoms with Crippen LogP contribution >= 0.6 is 0 Å². The Balaban J connectivity index is 1.60. The second-order valence-corrected chi connectivity index (χ2v) is 9.42. The van der Waals surface area contributed by atoms with Crippen LogP contribution in [0, 0.1) is 12.8 Å². The Labute approximate surface area is 173 Å². The van der Waals surface area contributed by atoms with E-state index in [0.717, 1.165) is 11.6 Å². The largest absolute Gasteiger partial charge is 0.418 e. The van der Waals surface area contributed by atoms with Crippen molar-refractivity contribution in [2.75, 3.05) is 18.4 Å². The molecular weight excluding hydrogens is 417 g/mol. The molecular formula is C21H23F3N2O3S. The van der Waals surface area contributed by atoms with Gasteiger partial charge in [0.2, 0.25) is 15.9 Å². The number of sulfonamides is 1. The fourth-order valence-corrected chi connectivity index (χ4v) is 5.02. The van der Waals surface area contributed by atoms with E-state index >= 15 is 0 Å². The molecule has 1 heterocycles. The summed E-state index contributed by atoms with van der Waals surface area (Å²) in [4.78, 5) is 12.5. The molecule has 0 aromatic heterocycles. The number of carbonyl (C=O) groups is 1. The van der Waals surface area contributed by atoms with Crippen LogP contribution < -0.4 is 5.32 Å². The number of halogens is 3. The molecule has 0 saturated carbocycles. The average Bonchev–Trinajstić information content (AvgIpc) is 2.69. The van der Waals surface area contributed by atoms with Gasteiger partial charge in [-0.3, -0.25) is 4.79 Å². The molecule has 2 aromatic rings. The number of hydrogen-bond donors (Lipinski definition) is 1. The highest BCUT2D eigenvalue weighted by Gasteiger charge is 2.35. The number of piperidine rings is 1. The first kappa shape index (κ1) is 22.3. The quantitative estimate of drug-likeness (QED) is 0.758. The van der Waals surface area contributed by atoms with Gasteiger partial charge in [0, 0.05) is 19.0 Å². The third kappa shape index (κ3) is 5.40. The van der Waals surface area contributed by atoms with E-state index in [9.17, 15) is 26.4 Å². The lowest BCUT2D eigenvalue weighted by molar-refractivity contribution is -0.137. The van der Waals surface area contributed by atoms with Crippen LogP contribution in [0.5, 0.6) is 0 Å². The molecule has 1 fully saturated rings. The van der Waals surface area contributed by atoms with Gasteiger partial charge in [-0.05, 0) is 37.5 Å². The van der Waals surface area contributed by atoms with E-state index in [1.165, 1.54) is 22.5 Å². The molecule has 0 unspecified atom stereocenters. The fourth-order valence-electron chi connectivity index (χ4n) is 3.46. The maximum atomic E-state index is 13.1. The van der Waals surface area contributed by atoms with Crippen LogP contribution in [-0.2, 0) is 26.7 Å². The predicted octanol–water partition coefficient (Wildman–Crippen LogP) is 4.19. The van der Waals surface area contributed by atoms with Crippen LogP contribution in [0.3, 0.4) is 0 Å². The summed E-state index contributed by atoms with van der Waals surface area (Å²) < 4.78 is 66.0. The highest BCUT2D eigenvalue weighted by Crippen LogP contribution is 2.35. The molecule has 0 aliphatic carbocycles. The van der Waals surface area contributed by atoms with Gasteiger partial charge in [0.15, 0.2) is 0 Å². The molecule has 0 radical (unpaired) electrons. The third-order valence-electron chi connectivity index (χ3n) is 5.18. The molecule has 0 spiro atoms. The van der Waals surface area contributed by atoms with Gasteiger partial charge in [0.05, 0.1) is 17.0 Å². The van der Waals surface area contributed by atoms with E-state index in [-0.39, 0.29) is 37.4 Å².